The fourth-order valence-corrected chi connectivity index (χ4v) is 3.03. The van der Waals surface area contributed by atoms with Crippen LogP contribution in [-0.4, -0.2) is 22.1 Å². The Bertz CT molecular complexity index is 872. The van der Waals surface area contributed by atoms with Crippen molar-refractivity contribution in [2.45, 2.75) is 20.0 Å². The van der Waals surface area contributed by atoms with Crippen molar-refractivity contribution in [3.05, 3.63) is 59.6 Å². The van der Waals surface area contributed by atoms with Crippen molar-refractivity contribution in [1.82, 2.24) is 4.98 Å². The molecular formula is C19H18N2O3S. The smallest absolute Gasteiger partial charge is 0.275 e. The number of hydrogen-bond donors (Lipinski definition) is 2. The molecule has 0 unspecified atom stereocenters. The lowest BCUT2D eigenvalue weighted by Gasteiger charge is -2.09. The first kappa shape index (κ1) is 17.0. The number of phenols is 1. The summed E-state index contributed by atoms with van der Waals surface area (Å²) >= 11 is 1.39. The maximum absolute atomic E-state index is 12.3. The largest absolute Gasteiger partial charge is 0.506 e. The summed E-state index contributed by atoms with van der Waals surface area (Å²) in [5, 5.41) is 14.8. The SMILES string of the molecule is CC(C)Oc1ccc(-c2nc(C(=O)Nc3ccccc3O)cs2)cc1. The van der Waals surface area contributed by atoms with E-state index < -0.39 is 0 Å². The summed E-state index contributed by atoms with van der Waals surface area (Å²) in [6.07, 6.45) is 0.121. The second-order valence-electron chi connectivity index (χ2n) is 5.70. The molecule has 25 heavy (non-hydrogen) atoms. The van der Waals surface area contributed by atoms with E-state index in [2.05, 4.69) is 10.3 Å². The van der Waals surface area contributed by atoms with Gasteiger partial charge in [0.2, 0.25) is 0 Å². The molecule has 6 heteroatoms. The Hall–Kier alpha value is -2.86. The normalized spacial score (nSPS) is 10.7. The Morgan fingerprint density at radius 1 is 1.16 bits per heavy atom. The molecule has 0 aliphatic rings. The predicted octanol–water partition coefficient (Wildman–Crippen LogP) is 4.56. The van der Waals surface area contributed by atoms with Crippen LogP contribution in [0.4, 0.5) is 5.69 Å². The first-order chi connectivity index (χ1) is 12.0. The van der Waals surface area contributed by atoms with E-state index in [1.807, 2.05) is 38.1 Å². The van der Waals surface area contributed by atoms with Gasteiger partial charge in [-0.1, -0.05) is 12.1 Å². The second kappa shape index (κ2) is 7.36. The van der Waals surface area contributed by atoms with E-state index in [-0.39, 0.29) is 17.8 Å². The molecule has 0 bridgehead atoms. The van der Waals surface area contributed by atoms with Crippen molar-refractivity contribution in [2.75, 3.05) is 5.32 Å². The first-order valence-corrected chi connectivity index (χ1v) is 8.73. The van der Waals surface area contributed by atoms with Gasteiger partial charge in [-0.3, -0.25) is 4.79 Å². The van der Waals surface area contributed by atoms with Gasteiger partial charge in [-0.05, 0) is 50.2 Å². The standard InChI is InChI=1S/C19H18N2O3S/c1-12(2)24-14-9-7-13(8-10-14)19-21-16(11-25-19)18(23)20-15-5-3-4-6-17(15)22/h3-12,22H,1-2H3,(H,20,23). The minimum atomic E-state index is -0.358. The Morgan fingerprint density at radius 3 is 2.56 bits per heavy atom. The van der Waals surface area contributed by atoms with Gasteiger partial charge in [0.25, 0.3) is 5.91 Å². The quantitative estimate of drug-likeness (QED) is 0.659. The fraction of sp³-hybridized carbons (Fsp3) is 0.158. The third kappa shape index (κ3) is 4.16. The number of ether oxygens (including phenoxy) is 1. The van der Waals surface area contributed by atoms with Crippen LogP contribution in [0.25, 0.3) is 10.6 Å². The number of nitrogens with zero attached hydrogens (tertiary/aromatic N) is 1. The van der Waals surface area contributed by atoms with Crippen LogP contribution < -0.4 is 10.1 Å². The number of phenolic OH excluding ortho intramolecular Hbond substituents is 1. The van der Waals surface area contributed by atoms with Gasteiger partial charge >= 0.3 is 0 Å². The van der Waals surface area contributed by atoms with Crippen molar-refractivity contribution >= 4 is 22.9 Å². The van der Waals surface area contributed by atoms with E-state index >= 15 is 0 Å². The van der Waals surface area contributed by atoms with E-state index in [1.165, 1.54) is 17.4 Å². The molecule has 2 N–H and O–H groups in total. The molecule has 1 amide bonds. The highest BCUT2D eigenvalue weighted by Gasteiger charge is 2.13. The molecule has 0 radical (unpaired) electrons. The fourth-order valence-electron chi connectivity index (χ4n) is 2.22. The number of carbonyl (C=O) groups excluding carboxylic acids is 1. The number of thiazole rings is 1. The Kier molecular flexibility index (Phi) is 5.00. The van der Waals surface area contributed by atoms with Crippen LogP contribution in [0.5, 0.6) is 11.5 Å². The van der Waals surface area contributed by atoms with E-state index in [1.54, 1.807) is 23.6 Å². The monoisotopic (exact) mass is 354 g/mol. The molecule has 5 nitrogen and oxygen atoms in total. The molecular weight excluding hydrogens is 336 g/mol. The summed E-state index contributed by atoms with van der Waals surface area (Å²) in [4.78, 5) is 16.7. The number of hydrogen-bond acceptors (Lipinski definition) is 5. The minimum Gasteiger partial charge on any atom is -0.506 e. The number of aromatic hydroxyl groups is 1. The van der Waals surface area contributed by atoms with Crippen LogP contribution in [0.1, 0.15) is 24.3 Å². The molecule has 0 atom stereocenters. The molecule has 0 spiro atoms. The molecule has 0 saturated carbocycles. The zero-order valence-electron chi connectivity index (χ0n) is 13.9. The summed E-state index contributed by atoms with van der Waals surface area (Å²) in [7, 11) is 0. The maximum Gasteiger partial charge on any atom is 0.275 e. The van der Waals surface area contributed by atoms with Crippen molar-refractivity contribution in [3.63, 3.8) is 0 Å². The van der Waals surface area contributed by atoms with Crippen molar-refractivity contribution < 1.29 is 14.6 Å². The number of para-hydroxylation sites is 2. The summed E-state index contributed by atoms with van der Waals surface area (Å²) in [6, 6.07) is 14.2. The van der Waals surface area contributed by atoms with Gasteiger partial charge in [-0.15, -0.1) is 11.3 Å². The van der Waals surface area contributed by atoms with Crippen LogP contribution >= 0.6 is 11.3 Å². The summed E-state index contributed by atoms with van der Waals surface area (Å²) < 4.78 is 5.62. The molecule has 1 heterocycles. The summed E-state index contributed by atoms with van der Waals surface area (Å²) in [5.74, 6) is 0.462. The van der Waals surface area contributed by atoms with Gasteiger partial charge < -0.3 is 15.2 Å². The van der Waals surface area contributed by atoms with Crippen LogP contribution in [0.15, 0.2) is 53.9 Å². The van der Waals surface area contributed by atoms with Crippen molar-refractivity contribution in [1.29, 1.82) is 0 Å². The van der Waals surface area contributed by atoms with Crippen LogP contribution in [0.2, 0.25) is 0 Å². The van der Waals surface area contributed by atoms with Crippen LogP contribution in [0, 0.1) is 0 Å². The van der Waals surface area contributed by atoms with Crippen LogP contribution in [-0.2, 0) is 0 Å². The Balaban J connectivity index is 1.73. The van der Waals surface area contributed by atoms with Gasteiger partial charge in [0.1, 0.15) is 22.2 Å². The Labute approximate surface area is 149 Å². The Morgan fingerprint density at radius 2 is 1.88 bits per heavy atom. The zero-order valence-corrected chi connectivity index (χ0v) is 14.7. The number of nitrogens with one attached hydrogen (secondary N) is 1. The first-order valence-electron chi connectivity index (χ1n) is 7.85. The number of aromatic nitrogens is 1. The lowest BCUT2D eigenvalue weighted by atomic mass is 10.2. The summed E-state index contributed by atoms with van der Waals surface area (Å²) in [6.45, 7) is 3.95. The average molecular weight is 354 g/mol. The van der Waals surface area contributed by atoms with Gasteiger partial charge in [0, 0.05) is 10.9 Å². The van der Waals surface area contributed by atoms with Gasteiger partial charge in [-0.2, -0.15) is 0 Å². The lowest BCUT2D eigenvalue weighted by molar-refractivity contribution is 0.102. The molecule has 3 rings (SSSR count). The van der Waals surface area contributed by atoms with Gasteiger partial charge in [0.05, 0.1) is 11.8 Å². The second-order valence-corrected chi connectivity index (χ2v) is 6.56. The molecule has 0 fully saturated rings. The molecule has 0 aliphatic heterocycles. The maximum atomic E-state index is 12.3. The number of amides is 1. The highest BCUT2D eigenvalue weighted by Crippen LogP contribution is 2.27. The van der Waals surface area contributed by atoms with E-state index in [0.29, 0.717) is 11.4 Å². The molecule has 0 aliphatic carbocycles. The van der Waals surface area contributed by atoms with E-state index in [9.17, 15) is 9.90 Å². The summed E-state index contributed by atoms with van der Waals surface area (Å²) in [5.41, 5.74) is 1.59. The van der Waals surface area contributed by atoms with Crippen molar-refractivity contribution in [2.24, 2.45) is 0 Å². The third-order valence-corrected chi connectivity index (χ3v) is 4.25. The van der Waals surface area contributed by atoms with E-state index in [4.69, 9.17) is 4.74 Å². The zero-order chi connectivity index (χ0) is 17.8. The highest BCUT2D eigenvalue weighted by atomic mass is 32.1. The number of anilines is 1. The molecule has 2 aromatic carbocycles. The number of carbonyl (C=O) groups is 1. The van der Waals surface area contributed by atoms with Crippen molar-refractivity contribution in [3.8, 4) is 22.1 Å². The molecule has 3 aromatic rings. The van der Waals surface area contributed by atoms with Gasteiger partial charge in [0.15, 0.2) is 0 Å². The number of benzene rings is 2. The van der Waals surface area contributed by atoms with Crippen LogP contribution in [0.3, 0.4) is 0 Å². The predicted molar refractivity (Wildman–Crippen MR) is 99.4 cm³/mol. The average Bonchev–Trinajstić information content (AvgIpc) is 3.07. The number of rotatable bonds is 5. The third-order valence-electron chi connectivity index (χ3n) is 3.36. The topological polar surface area (TPSA) is 71.5 Å². The lowest BCUT2D eigenvalue weighted by Crippen LogP contribution is -2.12. The van der Waals surface area contributed by atoms with E-state index in [0.717, 1.165) is 16.3 Å². The molecule has 1 aromatic heterocycles. The molecule has 128 valence electrons. The molecule has 0 saturated heterocycles. The van der Waals surface area contributed by atoms with Gasteiger partial charge in [-0.25, -0.2) is 4.98 Å². The highest BCUT2D eigenvalue weighted by molar-refractivity contribution is 7.13. The minimum absolute atomic E-state index is 0.0204.